The summed E-state index contributed by atoms with van der Waals surface area (Å²) in [4.78, 5) is 1.84. The molecule has 0 heterocycles. The fraction of sp³-hybridized carbons (Fsp3) is 0.684. The zero-order valence-electron chi connectivity index (χ0n) is 14.0. The maximum atomic E-state index is 2.30. The lowest BCUT2D eigenvalue weighted by molar-refractivity contribution is -0.900. The van der Waals surface area contributed by atoms with Crippen LogP contribution >= 0.6 is 0 Å². The molecule has 0 unspecified atom stereocenters. The van der Waals surface area contributed by atoms with Crippen molar-refractivity contribution in [2.45, 2.75) is 65.2 Å². The second kappa shape index (κ2) is 14.6. The van der Waals surface area contributed by atoms with Gasteiger partial charge in [0, 0.05) is 0 Å². The van der Waals surface area contributed by atoms with Gasteiger partial charge in [0.15, 0.2) is 0 Å². The molecule has 1 aromatic carbocycles. The van der Waals surface area contributed by atoms with Crippen molar-refractivity contribution in [3.8, 4) is 0 Å². The largest absolute Gasteiger partial charge is 1.00 e. The van der Waals surface area contributed by atoms with Gasteiger partial charge in [0.1, 0.15) is 0 Å². The minimum absolute atomic E-state index is 0. The Labute approximate surface area is 142 Å². The van der Waals surface area contributed by atoms with Crippen molar-refractivity contribution < 1.29 is 21.9 Å². The van der Waals surface area contributed by atoms with E-state index in [4.69, 9.17) is 0 Å². The van der Waals surface area contributed by atoms with Crippen LogP contribution in [0.5, 0.6) is 0 Å². The highest BCUT2D eigenvalue weighted by molar-refractivity contribution is 5.14. The quantitative estimate of drug-likeness (QED) is 0.531. The molecule has 0 aliphatic heterocycles. The summed E-state index contributed by atoms with van der Waals surface area (Å²) < 4.78 is 0. The highest BCUT2D eigenvalue weighted by atomic mass is 79.9. The number of halogens is 1. The number of rotatable bonds is 12. The fourth-order valence-electron chi connectivity index (χ4n) is 2.75. The summed E-state index contributed by atoms with van der Waals surface area (Å²) in [6.45, 7) is 8.76. The first-order valence-corrected chi connectivity index (χ1v) is 8.74. The van der Waals surface area contributed by atoms with Gasteiger partial charge in [0.2, 0.25) is 0 Å². The zero-order chi connectivity index (χ0) is 14.5. The molecule has 0 radical (unpaired) electrons. The maximum absolute atomic E-state index is 2.30. The van der Waals surface area contributed by atoms with Gasteiger partial charge in [-0.25, -0.2) is 0 Å². The van der Waals surface area contributed by atoms with Crippen LogP contribution in [-0.2, 0) is 6.42 Å². The number of aryl methyl sites for hydroxylation is 1. The zero-order valence-corrected chi connectivity index (χ0v) is 15.6. The molecule has 0 saturated heterocycles. The second-order valence-corrected chi connectivity index (χ2v) is 6.00. The Hall–Kier alpha value is -0.340. The van der Waals surface area contributed by atoms with Gasteiger partial charge in [0.05, 0.1) is 19.6 Å². The van der Waals surface area contributed by atoms with Crippen LogP contribution in [0.3, 0.4) is 0 Å². The highest BCUT2D eigenvalue weighted by Crippen LogP contribution is 2.05. The van der Waals surface area contributed by atoms with Gasteiger partial charge in [-0.15, -0.1) is 0 Å². The molecule has 1 aromatic rings. The topological polar surface area (TPSA) is 4.44 Å². The second-order valence-electron chi connectivity index (χ2n) is 6.00. The standard InChI is InChI=1S/C19H33N.BrH/c1-3-5-16-20(17-6-4-2)18-12-8-11-15-19-13-9-7-10-14-19;/h7,9-10,13-14H,3-6,8,11-12,15-18H2,1-2H3;1H. The predicted octanol–water partition coefficient (Wildman–Crippen LogP) is 0.889. The molecule has 0 atom stereocenters. The molecule has 0 saturated carbocycles. The molecule has 0 spiro atoms. The SMILES string of the molecule is CCCC[NH+](CCCC)CCCCCc1ccccc1.[Br-]. The monoisotopic (exact) mass is 355 g/mol. The molecule has 0 aliphatic carbocycles. The van der Waals surface area contributed by atoms with E-state index in [0.29, 0.717) is 0 Å². The molecule has 122 valence electrons. The van der Waals surface area contributed by atoms with E-state index in [-0.39, 0.29) is 17.0 Å². The molecule has 0 amide bonds. The Morgan fingerprint density at radius 1 is 0.714 bits per heavy atom. The minimum Gasteiger partial charge on any atom is -1.00 e. The van der Waals surface area contributed by atoms with Crippen molar-refractivity contribution in [3.05, 3.63) is 35.9 Å². The van der Waals surface area contributed by atoms with Crippen molar-refractivity contribution in [1.82, 2.24) is 0 Å². The number of unbranched alkanes of at least 4 members (excludes halogenated alkanes) is 4. The van der Waals surface area contributed by atoms with E-state index in [2.05, 4.69) is 44.2 Å². The Morgan fingerprint density at radius 3 is 1.86 bits per heavy atom. The summed E-state index contributed by atoms with van der Waals surface area (Å²) >= 11 is 0. The van der Waals surface area contributed by atoms with Gasteiger partial charge in [0.25, 0.3) is 0 Å². The van der Waals surface area contributed by atoms with Crippen molar-refractivity contribution in [1.29, 1.82) is 0 Å². The van der Waals surface area contributed by atoms with Gasteiger partial charge in [-0.1, -0.05) is 57.0 Å². The number of nitrogens with one attached hydrogen (secondary N) is 1. The normalized spacial score (nSPS) is 10.6. The third-order valence-corrected chi connectivity index (χ3v) is 4.11. The van der Waals surface area contributed by atoms with Crippen LogP contribution in [0.15, 0.2) is 30.3 Å². The fourth-order valence-corrected chi connectivity index (χ4v) is 2.75. The molecule has 1 rings (SSSR count). The number of quaternary nitrogens is 1. The van der Waals surface area contributed by atoms with Crippen molar-refractivity contribution in [3.63, 3.8) is 0 Å². The van der Waals surface area contributed by atoms with Crippen LogP contribution in [0.25, 0.3) is 0 Å². The lowest BCUT2D eigenvalue weighted by Gasteiger charge is -2.19. The summed E-state index contributed by atoms with van der Waals surface area (Å²) in [5.74, 6) is 0. The molecule has 21 heavy (non-hydrogen) atoms. The Balaban J connectivity index is 0.00000400. The first-order valence-electron chi connectivity index (χ1n) is 8.74. The average Bonchev–Trinajstić information content (AvgIpc) is 2.50. The van der Waals surface area contributed by atoms with E-state index in [0.717, 1.165) is 0 Å². The predicted molar refractivity (Wildman–Crippen MR) is 89.4 cm³/mol. The van der Waals surface area contributed by atoms with E-state index in [9.17, 15) is 0 Å². The molecule has 0 aliphatic rings. The molecule has 2 heteroatoms. The molecule has 1 N–H and O–H groups in total. The first kappa shape index (κ1) is 20.7. The van der Waals surface area contributed by atoms with Crippen LogP contribution in [0.1, 0.15) is 64.4 Å². The maximum Gasteiger partial charge on any atom is 0.0770 e. The molecular weight excluding hydrogens is 322 g/mol. The van der Waals surface area contributed by atoms with Crippen LogP contribution < -0.4 is 21.9 Å². The molecule has 0 aromatic heterocycles. The Kier molecular flexibility index (Phi) is 14.4. The highest BCUT2D eigenvalue weighted by Gasteiger charge is 2.06. The van der Waals surface area contributed by atoms with Gasteiger partial charge >= 0.3 is 0 Å². The lowest BCUT2D eigenvalue weighted by atomic mass is 10.1. The molecule has 0 bridgehead atoms. The van der Waals surface area contributed by atoms with Gasteiger partial charge in [-0.2, -0.15) is 0 Å². The van der Waals surface area contributed by atoms with Crippen LogP contribution in [-0.4, -0.2) is 19.6 Å². The average molecular weight is 356 g/mol. The van der Waals surface area contributed by atoms with E-state index in [1.165, 1.54) is 76.6 Å². The lowest BCUT2D eigenvalue weighted by Crippen LogP contribution is -3.12. The Morgan fingerprint density at radius 2 is 1.29 bits per heavy atom. The molecule has 0 fully saturated rings. The van der Waals surface area contributed by atoms with Crippen molar-refractivity contribution in [2.75, 3.05) is 19.6 Å². The Bertz CT molecular complexity index is 305. The summed E-state index contributed by atoms with van der Waals surface area (Å²) in [7, 11) is 0. The van der Waals surface area contributed by atoms with Crippen molar-refractivity contribution in [2.24, 2.45) is 0 Å². The van der Waals surface area contributed by atoms with E-state index in [1.54, 1.807) is 0 Å². The molecule has 1 nitrogen and oxygen atoms in total. The summed E-state index contributed by atoms with van der Waals surface area (Å²) in [6, 6.07) is 10.9. The van der Waals surface area contributed by atoms with E-state index >= 15 is 0 Å². The van der Waals surface area contributed by atoms with Crippen LogP contribution in [0.4, 0.5) is 0 Å². The van der Waals surface area contributed by atoms with Crippen molar-refractivity contribution >= 4 is 0 Å². The van der Waals surface area contributed by atoms with Gasteiger partial charge in [-0.3, -0.25) is 0 Å². The minimum atomic E-state index is 0. The smallest absolute Gasteiger partial charge is 0.0770 e. The van der Waals surface area contributed by atoms with E-state index < -0.39 is 0 Å². The van der Waals surface area contributed by atoms with Crippen LogP contribution in [0.2, 0.25) is 0 Å². The first-order chi connectivity index (χ1) is 9.86. The van der Waals surface area contributed by atoms with Gasteiger partial charge in [-0.05, 0) is 44.1 Å². The van der Waals surface area contributed by atoms with Gasteiger partial charge < -0.3 is 21.9 Å². The summed E-state index contributed by atoms with van der Waals surface area (Å²) in [5.41, 5.74) is 1.49. The third kappa shape index (κ3) is 11.0. The summed E-state index contributed by atoms with van der Waals surface area (Å²) in [6.07, 6.45) is 10.8. The third-order valence-electron chi connectivity index (χ3n) is 4.11. The number of hydrogen-bond acceptors (Lipinski definition) is 0. The molecular formula is C19H34BrN. The van der Waals surface area contributed by atoms with Crippen LogP contribution in [0, 0.1) is 0 Å². The van der Waals surface area contributed by atoms with E-state index in [1.807, 2.05) is 4.90 Å². The number of hydrogen-bond donors (Lipinski definition) is 1. The number of benzene rings is 1. The summed E-state index contributed by atoms with van der Waals surface area (Å²) in [5, 5.41) is 0.